The molecule has 10 heteroatoms. The maximum absolute atomic E-state index is 12.6. The van der Waals surface area contributed by atoms with Gasteiger partial charge in [0.15, 0.2) is 34.5 Å². The number of hydrogen-bond acceptors (Lipinski definition) is 9. The molecule has 178 valence electrons. The molecule has 35 heavy (non-hydrogen) atoms. The minimum Gasteiger partial charge on any atom is -0.493 e. The number of para-hydroxylation sites is 2. The number of methoxy groups -OCH3 is 1. The van der Waals surface area contributed by atoms with Crippen LogP contribution in [0.3, 0.4) is 0 Å². The van der Waals surface area contributed by atoms with E-state index >= 15 is 0 Å². The van der Waals surface area contributed by atoms with E-state index < -0.39 is 18.0 Å². The van der Waals surface area contributed by atoms with Gasteiger partial charge in [0.05, 0.1) is 18.9 Å². The Morgan fingerprint density at radius 1 is 0.943 bits per heavy atom. The van der Waals surface area contributed by atoms with Crippen LogP contribution in [0.4, 0.5) is 0 Å². The second kappa shape index (κ2) is 9.64. The first-order valence-electron chi connectivity index (χ1n) is 10.6. The summed E-state index contributed by atoms with van der Waals surface area (Å²) in [6, 6.07) is 16.8. The fraction of sp³-hybridized carbons (Fsp3) is 0.160. The van der Waals surface area contributed by atoms with Gasteiger partial charge >= 0.3 is 5.97 Å². The number of esters is 1. The molecule has 0 spiro atoms. The summed E-state index contributed by atoms with van der Waals surface area (Å²) in [5, 5.41) is 3.97. The normalized spacial score (nSPS) is 15.5. The Kier molecular flexibility index (Phi) is 6.08. The molecule has 2 heterocycles. The van der Waals surface area contributed by atoms with Gasteiger partial charge in [0.1, 0.15) is 6.61 Å². The molecule has 10 nitrogen and oxygen atoms in total. The first-order valence-corrected chi connectivity index (χ1v) is 10.6. The van der Waals surface area contributed by atoms with Crippen LogP contribution in [0.1, 0.15) is 15.9 Å². The molecule has 0 aliphatic carbocycles. The van der Waals surface area contributed by atoms with Crippen molar-refractivity contribution in [2.45, 2.75) is 6.10 Å². The molecule has 0 saturated heterocycles. The summed E-state index contributed by atoms with van der Waals surface area (Å²) in [7, 11) is 1.45. The summed E-state index contributed by atoms with van der Waals surface area (Å²) in [6.45, 7) is 0.191. The zero-order chi connectivity index (χ0) is 24.2. The van der Waals surface area contributed by atoms with Gasteiger partial charge < -0.3 is 28.4 Å². The van der Waals surface area contributed by atoms with Gasteiger partial charge in [-0.2, -0.15) is 5.10 Å². The smallest absolute Gasteiger partial charge is 0.343 e. The topological polar surface area (TPSA) is 114 Å². The number of nitrogens with one attached hydrogen (secondary N) is 1. The predicted octanol–water partition coefficient (Wildman–Crippen LogP) is 2.93. The third-order valence-corrected chi connectivity index (χ3v) is 5.19. The quantitative estimate of drug-likeness (QED) is 0.250. The van der Waals surface area contributed by atoms with Gasteiger partial charge in [0.2, 0.25) is 12.9 Å². The van der Waals surface area contributed by atoms with Crippen molar-refractivity contribution in [3.05, 3.63) is 71.8 Å². The molecule has 0 fully saturated rings. The Bertz CT molecular complexity index is 1310. The van der Waals surface area contributed by atoms with Gasteiger partial charge in [-0.15, -0.1) is 0 Å². The summed E-state index contributed by atoms with van der Waals surface area (Å²) < 4.78 is 32.6. The summed E-state index contributed by atoms with van der Waals surface area (Å²) in [5.41, 5.74) is 3.35. The molecule has 5 rings (SSSR count). The van der Waals surface area contributed by atoms with Crippen molar-refractivity contribution in [2.24, 2.45) is 5.10 Å². The van der Waals surface area contributed by atoms with Crippen LogP contribution in [0.25, 0.3) is 0 Å². The standard InChI is InChI=1S/C25H20N2O8/c1-30-21-10-15(12-26-27-24(28)23-13-31-17-4-2-3-5-19(17)34-23)6-8-20(21)35-25(29)16-7-9-18-22(11-16)33-14-32-18/h2-12,23H,13-14H2,1H3,(H,27,28)/b26-12-/t23-/m1/s1. The molecule has 1 N–H and O–H groups in total. The number of hydrazone groups is 1. The average Bonchev–Trinajstić information content (AvgIpc) is 3.37. The highest BCUT2D eigenvalue weighted by Gasteiger charge is 2.27. The zero-order valence-corrected chi connectivity index (χ0v) is 18.6. The monoisotopic (exact) mass is 476 g/mol. The number of ether oxygens (including phenoxy) is 6. The molecule has 3 aromatic rings. The molecule has 0 unspecified atom stereocenters. The number of rotatable bonds is 6. The maximum Gasteiger partial charge on any atom is 0.343 e. The number of benzene rings is 3. The number of hydrogen-bond donors (Lipinski definition) is 1. The average molecular weight is 476 g/mol. The summed E-state index contributed by atoms with van der Waals surface area (Å²) >= 11 is 0. The highest BCUT2D eigenvalue weighted by Crippen LogP contribution is 2.34. The number of amides is 1. The minimum atomic E-state index is -0.824. The van der Waals surface area contributed by atoms with E-state index in [1.165, 1.54) is 13.3 Å². The first-order chi connectivity index (χ1) is 17.1. The Morgan fingerprint density at radius 2 is 1.74 bits per heavy atom. The summed E-state index contributed by atoms with van der Waals surface area (Å²) in [4.78, 5) is 24.9. The van der Waals surface area contributed by atoms with E-state index in [4.69, 9.17) is 28.4 Å². The molecule has 1 atom stereocenters. The van der Waals surface area contributed by atoms with E-state index in [9.17, 15) is 9.59 Å². The van der Waals surface area contributed by atoms with Gasteiger partial charge in [-0.1, -0.05) is 12.1 Å². The van der Waals surface area contributed by atoms with Gasteiger partial charge in [-0.05, 0) is 54.1 Å². The summed E-state index contributed by atoms with van der Waals surface area (Å²) in [6.07, 6.45) is 0.608. The van der Waals surface area contributed by atoms with Gasteiger partial charge in [-0.3, -0.25) is 4.79 Å². The van der Waals surface area contributed by atoms with E-state index in [2.05, 4.69) is 10.5 Å². The highest BCUT2D eigenvalue weighted by molar-refractivity contribution is 5.92. The van der Waals surface area contributed by atoms with Crippen molar-refractivity contribution < 1.29 is 38.0 Å². The van der Waals surface area contributed by atoms with Crippen molar-refractivity contribution in [3.8, 4) is 34.5 Å². The molecule has 2 aliphatic heterocycles. The van der Waals surface area contributed by atoms with Gasteiger partial charge in [0.25, 0.3) is 5.91 Å². The SMILES string of the molecule is COc1cc(/C=N\NC(=O)[C@H]2COc3ccccc3O2)ccc1OC(=O)c1ccc2c(c1)OCO2. The van der Waals surface area contributed by atoms with Crippen LogP contribution in [0.5, 0.6) is 34.5 Å². The molecule has 0 aromatic heterocycles. The Balaban J connectivity index is 1.20. The third-order valence-electron chi connectivity index (χ3n) is 5.19. The molecule has 3 aromatic carbocycles. The Labute approximate surface area is 200 Å². The van der Waals surface area contributed by atoms with Crippen LogP contribution in [-0.4, -0.2) is 44.7 Å². The summed E-state index contributed by atoms with van der Waals surface area (Å²) in [5.74, 6) is 1.66. The van der Waals surface area contributed by atoms with Gasteiger partial charge in [-0.25, -0.2) is 10.2 Å². The van der Waals surface area contributed by atoms with Gasteiger partial charge in [0, 0.05) is 0 Å². The second-order valence-electron chi connectivity index (χ2n) is 7.47. The maximum atomic E-state index is 12.6. The minimum absolute atomic E-state index is 0.0790. The largest absolute Gasteiger partial charge is 0.493 e. The third kappa shape index (κ3) is 4.81. The highest BCUT2D eigenvalue weighted by atomic mass is 16.7. The van der Waals surface area contributed by atoms with Crippen molar-refractivity contribution in [1.82, 2.24) is 5.43 Å². The lowest BCUT2D eigenvalue weighted by atomic mass is 10.2. The van der Waals surface area contributed by atoms with E-state index in [1.807, 2.05) is 6.07 Å². The molecule has 2 aliphatic rings. The number of carbonyl (C=O) groups excluding carboxylic acids is 2. The fourth-order valence-corrected chi connectivity index (χ4v) is 3.42. The van der Waals surface area contributed by atoms with Crippen LogP contribution < -0.4 is 33.8 Å². The van der Waals surface area contributed by atoms with Crippen LogP contribution in [-0.2, 0) is 4.79 Å². The van der Waals surface area contributed by atoms with Crippen molar-refractivity contribution >= 4 is 18.1 Å². The van der Waals surface area contributed by atoms with Crippen molar-refractivity contribution in [1.29, 1.82) is 0 Å². The lowest BCUT2D eigenvalue weighted by molar-refractivity contribution is -0.130. The molecule has 0 saturated carbocycles. The number of carbonyl (C=O) groups is 2. The Morgan fingerprint density at radius 3 is 2.60 bits per heavy atom. The molecule has 0 radical (unpaired) electrons. The number of fused-ring (bicyclic) bond motifs is 2. The first kappa shape index (κ1) is 22.1. The van der Waals surface area contributed by atoms with Crippen molar-refractivity contribution in [3.63, 3.8) is 0 Å². The lowest BCUT2D eigenvalue weighted by Crippen LogP contribution is -2.42. The molecular weight excluding hydrogens is 456 g/mol. The van der Waals surface area contributed by atoms with E-state index in [0.717, 1.165) is 0 Å². The van der Waals surface area contributed by atoms with Crippen LogP contribution >= 0.6 is 0 Å². The lowest BCUT2D eigenvalue weighted by Gasteiger charge is -2.24. The van der Waals surface area contributed by atoms with E-state index in [-0.39, 0.29) is 19.1 Å². The Hall–Kier alpha value is -4.73. The predicted molar refractivity (Wildman–Crippen MR) is 123 cm³/mol. The van der Waals surface area contributed by atoms with Crippen molar-refractivity contribution in [2.75, 3.05) is 20.5 Å². The van der Waals surface area contributed by atoms with Crippen LogP contribution in [0.2, 0.25) is 0 Å². The van der Waals surface area contributed by atoms with E-state index in [0.29, 0.717) is 39.9 Å². The van der Waals surface area contributed by atoms with E-state index in [1.54, 1.807) is 54.6 Å². The second-order valence-corrected chi connectivity index (χ2v) is 7.47. The van der Waals surface area contributed by atoms with Crippen LogP contribution in [0.15, 0.2) is 65.8 Å². The zero-order valence-electron chi connectivity index (χ0n) is 18.6. The molecule has 1 amide bonds. The molecular formula is C25H20N2O8. The van der Waals surface area contributed by atoms with Crippen LogP contribution in [0, 0.1) is 0 Å². The fourth-order valence-electron chi connectivity index (χ4n) is 3.42. The number of nitrogens with zero attached hydrogens (tertiary/aromatic N) is 1. The molecule has 0 bridgehead atoms.